The molecule has 0 aromatic carbocycles. The number of thiol groups is 1. The van der Waals surface area contributed by atoms with Gasteiger partial charge in [0.05, 0.1) is 26.2 Å². The first-order valence-corrected chi connectivity index (χ1v) is 11.1. The molecule has 0 amide bonds. The molecule has 1 aliphatic heterocycles. The molecular weight excluding hydrogens is 380 g/mol. The van der Waals surface area contributed by atoms with Gasteiger partial charge in [-0.15, -0.1) is 0 Å². The van der Waals surface area contributed by atoms with Gasteiger partial charge >= 0.3 is 0 Å². The Hall–Kier alpha value is 0.750. The highest BCUT2D eigenvalue weighted by atomic mass is 79.9. The third-order valence-electron chi connectivity index (χ3n) is 5.47. The number of likely N-dealkylation sites (tertiary alicyclic amines) is 1. The number of unbranched alkanes of at least 4 members (excludes halogenated alkanes) is 7. The smallest absolute Gasteiger partial charge is 0.0788 e. The molecule has 1 rings (SSSR count). The van der Waals surface area contributed by atoms with Crippen LogP contribution in [0.2, 0.25) is 0 Å². The number of nitrogens with one attached hydrogen (secondary N) is 1. The van der Waals surface area contributed by atoms with Crippen molar-refractivity contribution >= 4 is 12.6 Å². The molecule has 0 aliphatic carbocycles. The minimum Gasteiger partial charge on any atom is -1.00 e. The van der Waals surface area contributed by atoms with Crippen LogP contribution in [-0.4, -0.2) is 49.5 Å². The van der Waals surface area contributed by atoms with Crippen LogP contribution in [0.5, 0.6) is 0 Å². The first-order valence-electron chi connectivity index (χ1n) is 10.5. The number of halogens is 1. The van der Waals surface area contributed by atoms with Gasteiger partial charge in [0, 0.05) is 12.8 Å². The maximum atomic E-state index is 4.36. The van der Waals surface area contributed by atoms with Crippen LogP contribution in [-0.2, 0) is 0 Å². The van der Waals surface area contributed by atoms with E-state index in [4.69, 9.17) is 0 Å². The number of rotatable bonds is 16. The third kappa shape index (κ3) is 12.2. The first-order chi connectivity index (χ1) is 11.3. The molecule has 1 aliphatic rings. The Morgan fingerprint density at radius 1 is 0.750 bits per heavy atom. The van der Waals surface area contributed by atoms with Crippen LogP contribution in [0.4, 0.5) is 0 Å². The number of quaternary nitrogens is 1. The summed E-state index contributed by atoms with van der Waals surface area (Å²) in [6.07, 6.45) is 16.9. The first kappa shape index (κ1) is 24.8. The molecule has 0 aromatic rings. The predicted molar refractivity (Wildman–Crippen MR) is 108 cm³/mol. The second-order valence-electron chi connectivity index (χ2n) is 7.60. The fraction of sp³-hybridized carbons (Fsp3) is 1.00. The molecule has 0 aromatic heterocycles. The number of hydrogen-bond acceptors (Lipinski definition) is 2. The van der Waals surface area contributed by atoms with Gasteiger partial charge in [0.2, 0.25) is 0 Å². The van der Waals surface area contributed by atoms with Crippen molar-refractivity contribution in [1.82, 2.24) is 5.32 Å². The van der Waals surface area contributed by atoms with Gasteiger partial charge in [0.25, 0.3) is 0 Å². The van der Waals surface area contributed by atoms with E-state index in [0.29, 0.717) is 0 Å². The highest BCUT2D eigenvalue weighted by molar-refractivity contribution is 7.80. The highest BCUT2D eigenvalue weighted by Crippen LogP contribution is 2.22. The zero-order valence-corrected chi connectivity index (χ0v) is 18.7. The topological polar surface area (TPSA) is 12.0 Å². The quantitative estimate of drug-likeness (QED) is 0.220. The summed E-state index contributed by atoms with van der Waals surface area (Å²) < 4.78 is 1.44. The van der Waals surface area contributed by atoms with Crippen LogP contribution in [0.15, 0.2) is 0 Å². The lowest BCUT2D eigenvalue weighted by molar-refractivity contribution is -0.917. The molecule has 24 heavy (non-hydrogen) atoms. The van der Waals surface area contributed by atoms with E-state index in [1.165, 1.54) is 121 Å². The van der Waals surface area contributed by atoms with Crippen molar-refractivity contribution in [2.75, 3.05) is 45.0 Å². The molecule has 2 nitrogen and oxygen atoms in total. The SMILES string of the molecule is CCCNCCCCCCCCC[N+]1(CCCCS)CCCC1.[Br-]. The number of hydrogen-bond donors (Lipinski definition) is 2. The molecule has 1 N–H and O–H groups in total. The maximum absolute atomic E-state index is 4.36. The lowest BCUT2D eigenvalue weighted by Crippen LogP contribution is -3.00. The van der Waals surface area contributed by atoms with Gasteiger partial charge < -0.3 is 26.8 Å². The van der Waals surface area contributed by atoms with Gasteiger partial charge in [-0.25, -0.2) is 0 Å². The zero-order valence-electron chi connectivity index (χ0n) is 16.2. The van der Waals surface area contributed by atoms with Crippen LogP contribution in [0.1, 0.15) is 84.0 Å². The van der Waals surface area contributed by atoms with Crippen molar-refractivity contribution in [2.24, 2.45) is 0 Å². The average molecular weight is 424 g/mol. The molecule has 1 heterocycles. The normalized spacial score (nSPS) is 16.2. The van der Waals surface area contributed by atoms with Gasteiger partial charge in [-0.05, 0) is 57.4 Å². The molecule has 0 radical (unpaired) electrons. The lowest BCUT2D eigenvalue weighted by Gasteiger charge is -2.34. The third-order valence-corrected chi connectivity index (χ3v) is 5.78. The fourth-order valence-corrected chi connectivity index (χ4v) is 4.23. The summed E-state index contributed by atoms with van der Waals surface area (Å²) in [5, 5.41) is 3.50. The molecule has 0 bridgehead atoms. The minimum atomic E-state index is 0. The van der Waals surface area contributed by atoms with Crippen LogP contribution < -0.4 is 22.3 Å². The summed E-state index contributed by atoms with van der Waals surface area (Å²) in [7, 11) is 0. The van der Waals surface area contributed by atoms with E-state index in [-0.39, 0.29) is 17.0 Å². The molecule has 4 heteroatoms. The zero-order chi connectivity index (χ0) is 16.6. The summed E-state index contributed by atoms with van der Waals surface area (Å²) in [6.45, 7) is 10.4. The molecule has 1 fully saturated rings. The van der Waals surface area contributed by atoms with E-state index in [1.54, 1.807) is 0 Å². The summed E-state index contributed by atoms with van der Waals surface area (Å²) in [6, 6.07) is 0. The Labute approximate surface area is 168 Å². The average Bonchev–Trinajstić information content (AvgIpc) is 3.02. The standard InChI is InChI=1S/C20H42N2S.BrH/c1-2-14-21-15-8-6-4-3-5-7-9-16-22(17-10-11-18-22)19-12-13-20-23;/h21H,2-20H2,1H3;1H. The molecular formula is C20H43BrN2S. The van der Waals surface area contributed by atoms with E-state index >= 15 is 0 Å². The van der Waals surface area contributed by atoms with Crippen molar-refractivity contribution in [3.05, 3.63) is 0 Å². The second kappa shape index (κ2) is 17.2. The fourth-order valence-electron chi connectivity index (χ4n) is 4.01. The van der Waals surface area contributed by atoms with Crippen LogP contribution in [0.25, 0.3) is 0 Å². The molecule has 146 valence electrons. The van der Waals surface area contributed by atoms with Gasteiger partial charge in [-0.1, -0.05) is 32.6 Å². The van der Waals surface area contributed by atoms with E-state index in [0.717, 1.165) is 5.75 Å². The van der Waals surface area contributed by atoms with Gasteiger partial charge in [-0.2, -0.15) is 12.6 Å². The second-order valence-corrected chi connectivity index (χ2v) is 8.05. The molecule has 1 saturated heterocycles. The Bertz CT molecular complexity index is 258. The Kier molecular flexibility index (Phi) is 17.7. The van der Waals surface area contributed by atoms with Crippen molar-refractivity contribution in [2.45, 2.75) is 84.0 Å². The molecule has 0 spiro atoms. The minimum absolute atomic E-state index is 0. The molecule has 0 saturated carbocycles. The van der Waals surface area contributed by atoms with Crippen molar-refractivity contribution < 1.29 is 21.5 Å². The lowest BCUT2D eigenvalue weighted by atomic mass is 10.1. The van der Waals surface area contributed by atoms with Crippen molar-refractivity contribution in [3.63, 3.8) is 0 Å². The highest BCUT2D eigenvalue weighted by Gasteiger charge is 2.30. The van der Waals surface area contributed by atoms with E-state index in [1.807, 2.05) is 0 Å². The summed E-state index contributed by atoms with van der Waals surface area (Å²) >= 11 is 4.36. The Morgan fingerprint density at radius 3 is 1.88 bits per heavy atom. The van der Waals surface area contributed by atoms with Gasteiger partial charge in [-0.3, -0.25) is 0 Å². The Morgan fingerprint density at radius 2 is 1.29 bits per heavy atom. The van der Waals surface area contributed by atoms with Gasteiger partial charge in [0.15, 0.2) is 0 Å². The summed E-state index contributed by atoms with van der Waals surface area (Å²) in [5.74, 6) is 1.06. The molecule has 0 unspecified atom stereocenters. The van der Waals surface area contributed by atoms with Crippen LogP contribution in [0, 0.1) is 0 Å². The molecule has 0 atom stereocenters. The number of nitrogens with zero attached hydrogens (tertiary/aromatic N) is 1. The van der Waals surface area contributed by atoms with Crippen LogP contribution >= 0.6 is 12.6 Å². The monoisotopic (exact) mass is 422 g/mol. The van der Waals surface area contributed by atoms with Crippen LogP contribution in [0.3, 0.4) is 0 Å². The predicted octanol–water partition coefficient (Wildman–Crippen LogP) is 2.04. The maximum Gasteiger partial charge on any atom is 0.0788 e. The van der Waals surface area contributed by atoms with E-state index in [9.17, 15) is 0 Å². The van der Waals surface area contributed by atoms with Crippen molar-refractivity contribution in [1.29, 1.82) is 0 Å². The largest absolute Gasteiger partial charge is 1.00 e. The summed E-state index contributed by atoms with van der Waals surface area (Å²) in [4.78, 5) is 0. The van der Waals surface area contributed by atoms with E-state index < -0.39 is 0 Å². The summed E-state index contributed by atoms with van der Waals surface area (Å²) in [5.41, 5.74) is 0. The Balaban J connectivity index is 0.00000529. The van der Waals surface area contributed by atoms with E-state index in [2.05, 4.69) is 24.9 Å². The van der Waals surface area contributed by atoms with Crippen molar-refractivity contribution in [3.8, 4) is 0 Å². The van der Waals surface area contributed by atoms with Gasteiger partial charge in [0.1, 0.15) is 0 Å².